The van der Waals surface area contributed by atoms with Crippen molar-refractivity contribution in [2.45, 2.75) is 0 Å². The van der Waals surface area contributed by atoms with Crippen molar-refractivity contribution >= 4 is 17.0 Å². The van der Waals surface area contributed by atoms with Gasteiger partial charge in [-0.1, -0.05) is 0 Å². The van der Waals surface area contributed by atoms with Crippen molar-refractivity contribution < 1.29 is 21.8 Å². The molecule has 0 aliphatic rings. The van der Waals surface area contributed by atoms with Gasteiger partial charge in [0.25, 0.3) is 0 Å². The summed E-state index contributed by atoms with van der Waals surface area (Å²) in [5.41, 5.74) is 0. The molecule has 1 nitrogen and oxygen atoms in total. The van der Waals surface area contributed by atoms with Crippen LogP contribution in [-0.2, 0) is 17.4 Å². The number of quaternary nitrogens is 1. The fourth-order valence-corrected chi connectivity index (χ4v) is 0. The van der Waals surface area contributed by atoms with Crippen molar-refractivity contribution in [2.75, 3.05) is 28.2 Å². The van der Waals surface area contributed by atoms with Gasteiger partial charge in [0.15, 0.2) is 0 Å². The van der Waals surface area contributed by atoms with E-state index in [4.69, 9.17) is 0 Å². The van der Waals surface area contributed by atoms with Crippen LogP contribution >= 0.6 is 17.0 Å². The first-order chi connectivity index (χ1) is 2.00. The van der Waals surface area contributed by atoms with Gasteiger partial charge in [0.05, 0.1) is 28.2 Å². The molecule has 0 fully saturated rings. The molecule has 0 aliphatic carbocycles. The molecule has 0 aromatic carbocycles. The van der Waals surface area contributed by atoms with Crippen molar-refractivity contribution in [3.63, 3.8) is 0 Å². The first-order valence-corrected chi connectivity index (χ1v) is 1.79. The first kappa shape index (κ1) is 15.7. The predicted octanol–water partition coefficient (Wildman–Crippen LogP) is 0.898. The molecule has 3 heteroatoms. The van der Waals surface area contributed by atoms with Gasteiger partial charge in [0.2, 0.25) is 0 Å². The Kier molecular flexibility index (Phi) is 11.5. The van der Waals surface area contributed by atoms with Crippen LogP contribution in [-0.4, -0.2) is 32.7 Å². The van der Waals surface area contributed by atoms with Crippen LogP contribution in [0, 0.1) is 0 Å². The van der Waals surface area contributed by atoms with Crippen molar-refractivity contribution in [3.05, 3.63) is 0 Å². The number of rotatable bonds is 0. The van der Waals surface area contributed by atoms with E-state index in [1.165, 1.54) is 0 Å². The van der Waals surface area contributed by atoms with E-state index >= 15 is 0 Å². The van der Waals surface area contributed by atoms with Crippen LogP contribution in [0.1, 0.15) is 0 Å². The van der Waals surface area contributed by atoms with Crippen molar-refractivity contribution in [3.8, 4) is 0 Å². The average Bonchev–Trinajstić information content (AvgIpc) is 0.722. The summed E-state index contributed by atoms with van der Waals surface area (Å²) in [5.74, 6) is 0. The van der Waals surface area contributed by atoms with Gasteiger partial charge >= 0.3 is 0 Å². The van der Waals surface area contributed by atoms with Gasteiger partial charge in [-0.3, -0.25) is 0 Å². The average molecular weight is 207 g/mol. The maximum atomic E-state index is 2.12. The van der Waals surface area contributed by atoms with Gasteiger partial charge in [0.1, 0.15) is 0 Å². The quantitative estimate of drug-likeness (QED) is 0.517. The van der Waals surface area contributed by atoms with Crippen LogP contribution in [0.5, 0.6) is 0 Å². The molecule has 0 unspecified atom stereocenters. The number of halogens is 1. The summed E-state index contributed by atoms with van der Waals surface area (Å²) in [4.78, 5) is 0. The van der Waals surface area contributed by atoms with Crippen LogP contribution in [0.4, 0.5) is 0 Å². The number of hydrogen-bond acceptors (Lipinski definition) is 0. The van der Waals surface area contributed by atoms with Gasteiger partial charge in [0, 0.05) is 17.4 Å². The minimum atomic E-state index is 0. The summed E-state index contributed by atoms with van der Waals surface area (Å²) < 4.78 is 1.00. The maximum absolute atomic E-state index is 2.12. The van der Waals surface area contributed by atoms with E-state index in [1.807, 2.05) is 0 Å². The molecule has 0 aromatic heterocycles. The Morgan fingerprint density at radius 1 is 0.857 bits per heavy atom. The first-order valence-electron chi connectivity index (χ1n) is 1.79. The van der Waals surface area contributed by atoms with E-state index in [9.17, 15) is 0 Å². The van der Waals surface area contributed by atoms with Gasteiger partial charge in [-0.15, -0.1) is 17.0 Å². The molecule has 0 atom stereocenters. The topological polar surface area (TPSA) is 0 Å². The van der Waals surface area contributed by atoms with Crippen LogP contribution in [0.25, 0.3) is 0 Å². The summed E-state index contributed by atoms with van der Waals surface area (Å²) in [5, 5.41) is 0. The Bertz CT molecular complexity index is 27.2. The standard InChI is InChI=1S/C4H12N.BrH.Cr/c1-5(2,3)4;;/h1-4H3;1H;/q+1;;. The third kappa shape index (κ3) is 182. The molecule has 0 aliphatic heterocycles. The van der Waals surface area contributed by atoms with Crippen LogP contribution in [0.3, 0.4) is 0 Å². The second-order valence-corrected chi connectivity index (χ2v) is 2.68. The number of hydrogen-bond donors (Lipinski definition) is 0. The molecule has 46 valence electrons. The SMILES string of the molecule is Br.C[N+](C)(C)C.[Cr]. The van der Waals surface area contributed by atoms with E-state index in [-0.39, 0.29) is 34.3 Å². The van der Waals surface area contributed by atoms with Gasteiger partial charge in [-0.2, -0.15) is 0 Å². The summed E-state index contributed by atoms with van der Waals surface area (Å²) in [6.45, 7) is 0. The molecule has 0 N–H and O–H groups in total. The zero-order chi connectivity index (χ0) is 4.50. The van der Waals surface area contributed by atoms with E-state index in [2.05, 4.69) is 28.2 Å². The Balaban J connectivity index is -0.0000000800. The predicted molar refractivity (Wildman–Crippen MR) is 34.3 cm³/mol. The van der Waals surface area contributed by atoms with Gasteiger partial charge in [-0.25, -0.2) is 0 Å². The van der Waals surface area contributed by atoms with Crippen LogP contribution < -0.4 is 0 Å². The fraction of sp³-hybridized carbons (Fsp3) is 1.00. The zero-order valence-electron chi connectivity index (χ0n) is 5.26. The number of nitrogens with zero attached hydrogens (tertiary/aromatic N) is 1. The van der Waals surface area contributed by atoms with Crippen LogP contribution in [0.2, 0.25) is 0 Å². The third-order valence-electron chi connectivity index (χ3n) is 0. The summed E-state index contributed by atoms with van der Waals surface area (Å²) >= 11 is 0. The molecule has 0 radical (unpaired) electrons. The second kappa shape index (κ2) is 5.12. The van der Waals surface area contributed by atoms with Gasteiger partial charge < -0.3 is 4.48 Å². The molecule has 0 heterocycles. The summed E-state index contributed by atoms with van der Waals surface area (Å²) in [6, 6.07) is 0. The van der Waals surface area contributed by atoms with Crippen LogP contribution in [0.15, 0.2) is 0 Å². The minimum Gasteiger partial charge on any atom is -0.333 e. The van der Waals surface area contributed by atoms with E-state index in [1.54, 1.807) is 0 Å². The molecule has 0 amide bonds. The minimum absolute atomic E-state index is 0. The van der Waals surface area contributed by atoms with Crippen molar-refractivity contribution in [2.24, 2.45) is 0 Å². The van der Waals surface area contributed by atoms with E-state index < -0.39 is 0 Å². The summed E-state index contributed by atoms with van der Waals surface area (Å²) in [7, 11) is 8.50. The molecule has 0 aromatic rings. The smallest absolute Gasteiger partial charge is 0.0675 e. The Hall–Kier alpha value is 0.972. The molecular formula is C4H13BrCrN+. The summed E-state index contributed by atoms with van der Waals surface area (Å²) in [6.07, 6.45) is 0. The monoisotopic (exact) mass is 206 g/mol. The Morgan fingerprint density at radius 3 is 0.857 bits per heavy atom. The van der Waals surface area contributed by atoms with E-state index in [0.717, 1.165) is 4.48 Å². The normalized spacial score (nSPS) is 8.57. The largest absolute Gasteiger partial charge is 0.333 e. The molecule has 0 bridgehead atoms. The fourth-order valence-electron chi connectivity index (χ4n) is 0. The molecule has 0 spiro atoms. The van der Waals surface area contributed by atoms with Crippen molar-refractivity contribution in [1.29, 1.82) is 0 Å². The second-order valence-electron chi connectivity index (χ2n) is 2.68. The Morgan fingerprint density at radius 2 is 0.857 bits per heavy atom. The molecular weight excluding hydrogens is 194 g/mol. The Labute approximate surface area is 67.2 Å². The third-order valence-corrected chi connectivity index (χ3v) is 0. The maximum Gasteiger partial charge on any atom is 0.0675 e. The molecule has 0 saturated carbocycles. The zero-order valence-corrected chi connectivity index (χ0v) is 8.25. The van der Waals surface area contributed by atoms with Gasteiger partial charge in [-0.05, 0) is 0 Å². The molecule has 7 heavy (non-hydrogen) atoms. The van der Waals surface area contributed by atoms with E-state index in [0.29, 0.717) is 0 Å². The molecule has 0 rings (SSSR count). The molecule has 0 saturated heterocycles. The van der Waals surface area contributed by atoms with Crippen molar-refractivity contribution in [1.82, 2.24) is 0 Å².